The number of rotatable bonds is 8. The minimum Gasteiger partial charge on any atom is -0.276 e. The lowest BCUT2D eigenvalue weighted by atomic mass is 10.2. The molecule has 3 aromatic rings. The van der Waals surface area contributed by atoms with Crippen LogP contribution in [0.4, 0.5) is 0 Å². The van der Waals surface area contributed by atoms with Crippen LogP contribution in [-0.4, -0.2) is 26.7 Å². The van der Waals surface area contributed by atoms with Gasteiger partial charge in [0.2, 0.25) is 0 Å². The summed E-state index contributed by atoms with van der Waals surface area (Å²) in [7, 11) is -4.22. The molecule has 158 valence electrons. The van der Waals surface area contributed by atoms with Crippen molar-refractivity contribution in [2.45, 2.75) is 57.5 Å². The minimum absolute atomic E-state index is 0.0270. The molecule has 0 amide bonds. The Hall–Kier alpha value is -3.19. The van der Waals surface area contributed by atoms with Gasteiger partial charge in [-0.15, -0.1) is 5.10 Å². The molecule has 0 fully saturated rings. The van der Waals surface area contributed by atoms with E-state index < -0.39 is 21.3 Å². The zero-order chi connectivity index (χ0) is 21.9. The minimum atomic E-state index is -4.22. The molecular weight excluding hydrogens is 406 g/mol. The molecule has 10 heteroatoms. The fourth-order valence-electron chi connectivity index (χ4n) is 3.20. The van der Waals surface area contributed by atoms with E-state index in [1.165, 1.54) is 22.8 Å². The maximum atomic E-state index is 13.1. The van der Waals surface area contributed by atoms with Crippen LogP contribution in [0, 0.1) is 11.3 Å². The molecular formula is C20H23N5O4S. The van der Waals surface area contributed by atoms with Crippen LogP contribution in [-0.2, 0) is 23.1 Å². The van der Waals surface area contributed by atoms with E-state index in [4.69, 9.17) is 0 Å². The number of hydrogen-bond acceptors (Lipinski definition) is 6. The molecule has 0 N–H and O–H groups in total. The highest BCUT2D eigenvalue weighted by Crippen LogP contribution is 2.19. The highest BCUT2D eigenvalue weighted by Gasteiger charge is 2.25. The number of fused-ring (bicyclic) bond motifs is 1. The van der Waals surface area contributed by atoms with E-state index in [9.17, 15) is 23.3 Å². The number of unbranched alkanes of at least 4 members (excludes halogenated alkanes) is 2. The summed E-state index contributed by atoms with van der Waals surface area (Å²) in [6.45, 7) is 4.50. The fourth-order valence-corrected chi connectivity index (χ4v) is 4.47. The Morgan fingerprint density at radius 2 is 1.67 bits per heavy atom. The van der Waals surface area contributed by atoms with Crippen LogP contribution in [0.1, 0.15) is 45.1 Å². The van der Waals surface area contributed by atoms with Gasteiger partial charge in [0.1, 0.15) is 16.4 Å². The summed E-state index contributed by atoms with van der Waals surface area (Å²) in [5.41, 5.74) is -1.05. The van der Waals surface area contributed by atoms with Gasteiger partial charge in [0.25, 0.3) is 15.6 Å². The van der Waals surface area contributed by atoms with Crippen molar-refractivity contribution in [3.8, 4) is 6.07 Å². The molecule has 30 heavy (non-hydrogen) atoms. The Kier molecular flexibility index (Phi) is 6.22. The van der Waals surface area contributed by atoms with Gasteiger partial charge in [-0.25, -0.2) is 4.79 Å². The number of aryl methyl sites for hydroxylation is 1. The molecule has 9 nitrogen and oxygen atoms in total. The van der Waals surface area contributed by atoms with Crippen molar-refractivity contribution < 1.29 is 8.42 Å². The predicted molar refractivity (Wildman–Crippen MR) is 112 cm³/mol. The quantitative estimate of drug-likeness (QED) is 0.541. The third kappa shape index (κ3) is 3.68. The Labute approximate surface area is 173 Å². The Bertz CT molecular complexity index is 1340. The molecule has 0 atom stereocenters. The summed E-state index contributed by atoms with van der Waals surface area (Å²) in [4.78, 5) is 25.6. The molecule has 0 aliphatic heterocycles. The highest BCUT2D eigenvalue weighted by molar-refractivity contribution is 7.90. The van der Waals surface area contributed by atoms with E-state index in [-0.39, 0.29) is 28.0 Å². The van der Waals surface area contributed by atoms with Crippen LogP contribution in [0.25, 0.3) is 11.0 Å². The van der Waals surface area contributed by atoms with E-state index in [1.54, 1.807) is 6.07 Å². The van der Waals surface area contributed by atoms with Gasteiger partial charge in [0, 0.05) is 13.1 Å². The summed E-state index contributed by atoms with van der Waals surface area (Å²) in [5.74, 6) is 0. The number of benzene rings is 1. The molecule has 2 heterocycles. The van der Waals surface area contributed by atoms with Crippen LogP contribution in [0.15, 0.2) is 44.9 Å². The van der Waals surface area contributed by atoms with Gasteiger partial charge >= 0.3 is 5.69 Å². The Morgan fingerprint density at radius 1 is 1.03 bits per heavy atom. The van der Waals surface area contributed by atoms with Gasteiger partial charge in [-0.2, -0.15) is 17.8 Å². The Balaban J connectivity index is 2.29. The molecule has 2 aromatic heterocycles. The summed E-state index contributed by atoms with van der Waals surface area (Å²) in [6.07, 6.45) is 4.08. The standard InChI is InChI=1S/C20H23N5O4S/c1-3-5-11-23-18-16(19(26)24(20(23)27)12-6-4-2)14-25(22-18)30(28,29)17-10-8-7-9-15(17)13-21/h7-10,14H,3-6,11-12H2,1-2H3. The van der Waals surface area contributed by atoms with Crippen molar-refractivity contribution in [2.24, 2.45) is 0 Å². The molecule has 3 rings (SSSR count). The molecule has 0 aliphatic rings. The van der Waals surface area contributed by atoms with E-state index in [2.05, 4.69) is 5.10 Å². The van der Waals surface area contributed by atoms with Crippen LogP contribution in [0.3, 0.4) is 0 Å². The lowest BCUT2D eigenvalue weighted by molar-refractivity contribution is 0.529. The fraction of sp³-hybridized carbons (Fsp3) is 0.400. The first kappa shape index (κ1) is 21.5. The molecule has 0 bridgehead atoms. The third-order valence-electron chi connectivity index (χ3n) is 4.87. The lowest BCUT2D eigenvalue weighted by Gasteiger charge is -2.10. The first-order chi connectivity index (χ1) is 14.4. The summed E-state index contributed by atoms with van der Waals surface area (Å²) in [6, 6.07) is 7.63. The van der Waals surface area contributed by atoms with Crippen molar-refractivity contribution in [2.75, 3.05) is 0 Å². The van der Waals surface area contributed by atoms with Crippen molar-refractivity contribution in [1.82, 2.24) is 18.3 Å². The second-order valence-electron chi connectivity index (χ2n) is 6.95. The van der Waals surface area contributed by atoms with Crippen LogP contribution >= 0.6 is 0 Å². The first-order valence-corrected chi connectivity index (χ1v) is 11.3. The van der Waals surface area contributed by atoms with Gasteiger partial charge in [-0.05, 0) is 25.0 Å². The third-order valence-corrected chi connectivity index (χ3v) is 6.46. The van der Waals surface area contributed by atoms with Crippen LogP contribution < -0.4 is 11.2 Å². The summed E-state index contributed by atoms with van der Waals surface area (Å²) < 4.78 is 29.4. The Morgan fingerprint density at radius 3 is 2.30 bits per heavy atom. The maximum Gasteiger partial charge on any atom is 0.332 e. The molecule has 0 saturated carbocycles. The lowest BCUT2D eigenvalue weighted by Crippen LogP contribution is -2.40. The zero-order valence-electron chi connectivity index (χ0n) is 16.9. The van der Waals surface area contributed by atoms with Crippen molar-refractivity contribution in [3.05, 3.63) is 56.9 Å². The summed E-state index contributed by atoms with van der Waals surface area (Å²) in [5, 5.41) is 13.4. The van der Waals surface area contributed by atoms with Crippen molar-refractivity contribution in [1.29, 1.82) is 5.26 Å². The molecule has 0 spiro atoms. The van der Waals surface area contributed by atoms with Crippen molar-refractivity contribution >= 4 is 21.1 Å². The van der Waals surface area contributed by atoms with Gasteiger partial charge in [0.15, 0.2) is 5.65 Å². The molecule has 0 radical (unpaired) electrons. The topological polar surface area (TPSA) is 120 Å². The number of aromatic nitrogens is 4. The van der Waals surface area contributed by atoms with E-state index in [1.807, 2.05) is 19.9 Å². The zero-order valence-corrected chi connectivity index (χ0v) is 17.7. The largest absolute Gasteiger partial charge is 0.332 e. The van der Waals surface area contributed by atoms with Gasteiger partial charge in [-0.1, -0.05) is 38.8 Å². The monoisotopic (exact) mass is 429 g/mol. The molecule has 0 aliphatic carbocycles. The van der Waals surface area contributed by atoms with Gasteiger partial charge in [0.05, 0.1) is 11.8 Å². The normalized spacial score (nSPS) is 11.6. The number of nitrogens with zero attached hydrogens (tertiary/aromatic N) is 5. The SMILES string of the molecule is CCCCn1c(=O)c2cn(S(=O)(=O)c3ccccc3C#N)nc2n(CCCC)c1=O. The van der Waals surface area contributed by atoms with Gasteiger partial charge < -0.3 is 0 Å². The highest BCUT2D eigenvalue weighted by atomic mass is 32.2. The molecule has 1 aromatic carbocycles. The predicted octanol–water partition coefficient (Wildman–Crippen LogP) is 2.07. The first-order valence-electron chi connectivity index (χ1n) is 9.84. The van der Waals surface area contributed by atoms with E-state index in [0.717, 1.165) is 23.6 Å². The number of hydrogen-bond donors (Lipinski definition) is 0. The average Bonchev–Trinajstić information content (AvgIpc) is 3.20. The smallest absolute Gasteiger partial charge is 0.276 e. The second-order valence-corrected chi connectivity index (χ2v) is 8.71. The van der Waals surface area contributed by atoms with Crippen LogP contribution in [0.5, 0.6) is 0 Å². The van der Waals surface area contributed by atoms with Crippen molar-refractivity contribution in [3.63, 3.8) is 0 Å². The van der Waals surface area contributed by atoms with Gasteiger partial charge in [-0.3, -0.25) is 13.9 Å². The maximum absolute atomic E-state index is 13.1. The molecule has 0 saturated heterocycles. The van der Waals surface area contributed by atoms with E-state index in [0.29, 0.717) is 23.5 Å². The average molecular weight is 430 g/mol. The van der Waals surface area contributed by atoms with Crippen LogP contribution in [0.2, 0.25) is 0 Å². The van der Waals surface area contributed by atoms with E-state index >= 15 is 0 Å². The number of nitriles is 1. The second kappa shape index (κ2) is 8.67. The summed E-state index contributed by atoms with van der Waals surface area (Å²) >= 11 is 0. The molecule has 0 unspecified atom stereocenters.